The van der Waals surface area contributed by atoms with E-state index in [-0.39, 0.29) is 5.41 Å². The molecule has 0 unspecified atom stereocenters. The highest BCUT2D eigenvalue weighted by Crippen LogP contribution is 2.26. The molecule has 108 valence electrons. The van der Waals surface area contributed by atoms with Gasteiger partial charge in [-0.1, -0.05) is 26.8 Å². The largest absolute Gasteiger partial charge is 0.330 e. The number of aryl methyl sites for hydroxylation is 1. The van der Waals surface area contributed by atoms with Crippen LogP contribution in [0.5, 0.6) is 0 Å². The van der Waals surface area contributed by atoms with E-state index in [0.717, 1.165) is 25.8 Å². The Morgan fingerprint density at radius 2 is 1.95 bits per heavy atom. The standard InChI is InChI=1S/C17H25N3/c1-17(2,3)15-10-14(6-4-5-7-18)11-16(12-15)20-9-8-19-13-20/h8-13H,4-7,18H2,1-3H3. The molecule has 1 aromatic carbocycles. The van der Waals surface area contributed by atoms with Gasteiger partial charge in [-0.05, 0) is 54.5 Å². The number of unbranched alkanes of at least 4 members (excludes halogenated alkanes) is 1. The Balaban J connectivity index is 2.34. The first kappa shape index (κ1) is 14.8. The van der Waals surface area contributed by atoms with Crippen molar-refractivity contribution in [2.75, 3.05) is 6.54 Å². The summed E-state index contributed by atoms with van der Waals surface area (Å²) in [5, 5.41) is 0. The lowest BCUT2D eigenvalue weighted by Gasteiger charge is -2.21. The molecule has 0 aliphatic rings. The van der Waals surface area contributed by atoms with E-state index in [1.807, 2.05) is 18.7 Å². The van der Waals surface area contributed by atoms with Gasteiger partial charge in [0, 0.05) is 18.1 Å². The predicted octanol–water partition coefficient (Wildman–Crippen LogP) is 3.45. The van der Waals surface area contributed by atoms with Gasteiger partial charge in [-0.15, -0.1) is 0 Å². The molecular formula is C17H25N3. The monoisotopic (exact) mass is 271 g/mol. The van der Waals surface area contributed by atoms with E-state index in [1.165, 1.54) is 16.8 Å². The quantitative estimate of drug-likeness (QED) is 0.846. The van der Waals surface area contributed by atoms with Crippen molar-refractivity contribution >= 4 is 0 Å². The van der Waals surface area contributed by atoms with Gasteiger partial charge in [0.1, 0.15) is 0 Å². The zero-order valence-corrected chi connectivity index (χ0v) is 12.8. The molecule has 0 bridgehead atoms. The lowest BCUT2D eigenvalue weighted by atomic mass is 9.85. The number of hydrogen-bond donors (Lipinski definition) is 1. The Morgan fingerprint density at radius 3 is 2.55 bits per heavy atom. The number of nitrogens with two attached hydrogens (primary N) is 1. The van der Waals surface area contributed by atoms with Crippen molar-refractivity contribution in [1.29, 1.82) is 0 Å². The molecule has 0 aliphatic carbocycles. The molecule has 1 aromatic heterocycles. The van der Waals surface area contributed by atoms with Gasteiger partial charge >= 0.3 is 0 Å². The highest BCUT2D eigenvalue weighted by atomic mass is 15.0. The molecule has 3 nitrogen and oxygen atoms in total. The zero-order chi connectivity index (χ0) is 14.6. The minimum absolute atomic E-state index is 0.152. The summed E-state index contributed by atoms with van der Waals surface area (Å²) >= 11 is 0. The Hall–Kier alpha value is -1.61. The third kappa shape index (κ3) is 3.70. The van der Waals surface area contributed by atoms with Gasteiger partial charge < -0.3 is 10.3 Å². The van der Waals surface area contributed by atoms with E-state index in [1.54, 1.807) is 0 Å². The zero-order valence-electron chi connectivity index (χ0n) is 12.8. The molecule has 0 spiro atoms. The van der Waals surface area contributed by atoms with Gasteiger partial charge in [-0.25, -0.2) is 4.98 Å². The maximum Gasteiger partial charge on any atom is 0.0991 e. The molecule has 0 saturated carbocycles. The third-order valence-corrected chi connectivity index (χ3v) is 3.57. The molecule has 0 amide bonds. The molecule has 0 fully saturated rings. The summed E-state index contributed by atoms with van der Waals surface area (Å²) in [6, 6.07) is 6.85. The fourth-order valence-corrected chi connectivity index (χ4v) is 2.29. The second-order valence-electron chi connectivity index (χ2n) is 6.35. The van der Waals surface area contributed by atoms with Gasteiger partial charge in [-0.3, -0.25) is 0 Å². The van der Waals surface area contributed by atoms with E-state index >= 15 is 0 Å². The van der Waals surface area contributed by atoms with E-state index < -0.39 is 0 Å². The lowest BCUT2D eigenvalue weighted by Crippen LogP contribution is -2.12. The molecule has 2 N–H and O–H groups in total. The van der Waals surface area contributed by atoms with Crippen molar-refractivity contribution in [3.8, 4) is 5.69 Å². The van der Waals surface area contributed by atoms with Crippen LogP contribution in [0.4, 0.5) is 0 Å². The second kappa shape index (κ2) is 6.23. The van der Waals surface area contributed by atoms with Crippen LogP contribution in [0.2, 0.25) is 0 Å². The first-order chi connectivity index (χ1) is 9.50. The summed E-state index contributed by atoms with van der Waals surface area (Å²) in [6.07, 6.45) is 8.98. The van der Waals surface area contributed by atoms with Crippen molar-refractivity contribution < 1.29 is 0 Å². The van der Waals surface area contributed by atoms with E-state index in [2.05, 4.69) is 48.5 Å². The Kier molecular flexibility index (Phi) is 4.61. The SMILES string of the molecule is CC(C)(C)c1cc(CCCCN)cc(-n2ccnc2)c1. The van der Waals surface area contributed by atoms with E-state index in [0.29, 0.717) is 0 Å². The Bertz CT molecular complexity index is 536. The molecule has 0 radical (unpaired) electrons. The smallest absolute Gasteiger partial charge is 0.0991 e. The average molecular weight is 271 g/mol. The molecule has 2 rings (SSSR count). The van der Waals surface area contributed by atoms with Crippen LogP contribution in [0, 0.1) is 0 Å². The van der Waals surface area contributed by atoms with Crippen molar-refractivity contribution in [2.45, 2.75) is 45.4 Å². The summed E-state index contributed by atoms with van der Waals surface area (Å²) < 4.78 is 2.07. The maximum absolute atomic E-state index is 5.59. The Morgan fingerprint density at radius 1 is 1.15 bits per heavy atom. The molecule has 0 aliphatic heterocycles. The lowest BCUT2D eigenvalue weighted by molar-refractivity contribution is 0.588. The van der Waals surface area contributed by atoms with E-state index in [4.69, 9.17) is 5.73 Å². The van der Waals surface area contributed by atoms with Crippen molar-refractivity contribution in [2.24, 2.45) is 5.73 Å². The number of nitrogens with zero attached hydrogens (tertiary/aromatic N) is 2. The number of aromatic nitrogens is 2. The van der Waals surface area contributed by atoms with Gasteiger partial charge in [0.15, 0.2) is 0 Å². The summed E-state index contributed by atoms with van der Waals surface area (Å²) in [6.45, 7) is 7.53. The number of benzene rings is 1. The van der Waals surface area contributed by atoms with Crippen LogP contribution in [0.1, 0.15) is 44.7 Å². The van der Waals surface area contributed by atoms with Crippen LogP contribution in [0.25, 0.3) is 5.69 Å². The summed E-state index contributed by atoms with van der Waals surface area (Å²) in [4.78, 5) is 4.14. The first-order valence-electron chi connectivity index (χ1n) is 7.33. The minimum atomic E-state index is 0.152. The molecule has 2 aromatic rings. The van der Waals surface area contributed by atoms with Crippen molar-refractivity contribution in [1.82, 2.24) is 9.55 Å². The first-order valence-corrected chi connectivity index (χ1v) is 7.33. The molecule has 0 atom stereocenters. The average Bonchev–Trinajstić information content (AvgIpc) is 2.91. The fourth-order valence-electron chi connectivity index (χ4n) is 2.29. The predicted molar refractivity (Wildman–Crippen MR) is 84.3 cm³/mol. The summed E-state index contributed by atoms with van der Waals surface area (Å²) in [5.41, 5.74) is 9.68. The number of imidazole rings is 1. The van der Waals surface area contributed by atoms with Crippen molar-refractivity contribution in [3.05, 3.63) is 48.0 Å². The van der Waals surface area contributed by atoms with Gasteiger partial charge in [0.25, 0.3) is 0 Å². The fraction of sp³-hybridized carbons (Fsp3) is 0.471. The van der Waals surface area contributed by atoms with Crippen LogP contribution >= 0.6 is 0 Å². The van der Waals surface area contributed by atoms with Gasteiger partial charge in [0.2, 0.25) is 0 Å². The van der Waals surface area contributed by atoms with Crippen LogP contribution in [-0.2, 0) is 11.8 Å². The van der Waals surface area contributed by atoms with Crippen LogP contribution in [0.15, 0.2) is 36.9 Å². The Labute approximate surface area is 121 Å². The second-order valence-corrected chi connectivity index (χ2v) is 6.35. The molecule has 0 saturated heterocycles. The minimum Gasteiger partial charge on any atom is -0.330 e. The number of rotatable bonds is 5. The summed E-state index contributed by atoms with van der Waals surface area (Å²) in [7, 11) is 0. The highest BCUT2D eigenvalue weighted by Gasteiger charge is 2.15. The van der Waals surface area contributed by atoms with E-state index in [9.17, 15) is 0 Å². The maximum atomic E-state index is 5.59. The molecule has 3 heteroatoms. The molecular weight excluding hydrogens is 246 g/mol. The van der Waals surface area contributed by atoms with Crippen molar-refractivity contribution in [3.63, 3.8) is 0 Å². The van der Waals surface area contributed by atoms with Crippen LogP contribution < -0.4 is 5.73 Å². The number of hydrogen-bond acceptors (Lipinski definition) is 2. The topological polar surface area (TPSA) is 43.8 Å². The van der Waals surface area contributed by atoms with Crippen LogP contribution in [0.3, 0.4) is 0 Å². The highest BCUT2D eigenvalue weighted by molar-refractivity contribution is 5.42. The van der Waals surface area contributed by atoms with Gasteiger partial charge in [0.05, 0.1) is 6.33 Å². The normalized spacial score (nSPS) is 11.8. The summed E-state index contributed by atoms with van der Waals surface area (Å²) in [5.74, 6) is 0. The third-order valence-electron chi connectivity index (χ3n) is 3.57. The molecule has 1 heterocycles. The van der Waals surface area contributed by atoms with Crippen LogP contribution in [-0.4, -0.2) is 16.1 Å². The molecule has 20 heavy (non-hydrogen) atoms. The van der Waals surface area contributed by atoms with Gasteiger partial charge in [-0.2, -0.15) is 0 Å².